The second-order valence-electron chi connectivity index (χ2n) is 4.80. The summed E-state index contributed by atoms with van der Waals surface area (Å²) >= 11 is 0. The van der Waals surface area contributed by atoms with Crippen molar-refractivity contribution >= 4 is 5.69 Å². The van der Waals surface area contributed by atoms with Crippen molar-refractivity contribution in [1.29, 1.82) is 0 Å². The number of nitrogens with zero attached hydrogens (tertiary/aromatic N) is 1. The molecule has 0 amide bonds. The Bertz CT molecular complexity index is 374. The summed E-state index contributed by atoms with van der Waals surface area (Å²) in [6.45, 7) is 3.85. The van der Waals surface area contributed by atoms with E-state index in [4.69, 9.17) is 0 Å². The van der Waals surface area contributed by atoms with E-state index in [2.05, 4.69) is 17.1 Å². The Labute approximate surface area is 103 Å². The third-order valence-corrected chi connectivity index (χ3v) is 3.24. The Morgan fingerprint density at radius 1 is 1.41 bits per heavy atom. The van der Waals surface area contributed by atoms with Crippen LogP contribution in [-0.4, -0.2) is 19.6 Å². The normalized spacial score (nSPS) is 15.0. The van der Waals surface area contributed by atoms with Crippen molar-refractivity contribution in [2.75, 3.05) is 18.5 Å². The van der Waals surface area contributed by atoms with Crippen LogP contribution in [0, 0.1) is 5.82 Å². The molecule has 1 fully saturated rings. The summed E-state index contributed by atoms with van der Waals surface area (Å²) in [5, 5.41) is 3.28. The minimum absolute atomic E-state index is 0.102. The van der Waals surface area contributed by atoms with E-state index >= 15 is 0 Å². The lowest BCUT2D eigenvalue weighted by molar-refractivity contribution is 0.614. The molecular formula is C14H21FN2. The highest BCUT2D eigenvalue weighted by Crippen LogP contribution is 2.31. The molecule has 1 N–H and O–H groups in total. The molecule has 0 unspecified atom stereocenters. The van der Waals surface area contributed by atoms with Gasteiger partial charge in [0.15, 0.2) is 0 Å². The maximum absolute atomic E-state index is 13.9. The molecule has 2 rings (SSSR count). The van der Waals surface area contributed by atoms with Crippen LogP contribution in [0.4, 0.5) is 10.1 Å². The molecule has 0 aromatic heterocycles. The van der Waals surface area contributed by atoms with Crippen molar-refractivity contribution in [3.63, 3.8) is 0 Å². The average molecular weight is 236 g/mol. The zero-order chi connectivity index (χ0) is 12.3. The Morgan fingerprint density at radius 2 is 2.18 bits per heavy atom. The van der Waals surface area contributed by atoms with E-state index in [1.165, 1.54) is 12.8 Å². The topological polar surface area (TPSA) is 15.3 Å². The van der Waals surface area contributed by atoms with E-state index in [0.29, 0.717) is 6.04 Å². The van der Waals surface area contributed by atoms with Crippen LogP contribution >= 0.6 is 0 Å². The van der Waals surface area contributed by atoms with Gasteiger partial charge in [0.05, 0.1) is 5.69 Å². The summed E-state index contributed by atoms with van der Waals surface area (Å²) in [5.41, 5.74) is 1.75. The molecule has 0 aliphatic heterocycles. The molecule has 1 saturated carbocycles. The van der Waals surface area contributed by atoms with Crippen LogP contribution in [-0.2, 0) is 6.54 Å². The first-order valence-corrected chi connectivity index (χ1v) is 6.44. The number of nitrogens with one attached hydrogen (secondary N) is 1. The van der Waals surface area contributed by atoms with Gasteiger partial charge in [0.2, 0.25) is 0 Å². The molecule has 0 spiro atoms. The first-order valence-electron chi connectivity index (χ1n) is 6.44. The summed E-state index contributed by atoms with van der Waals surface area (Å²) in [5.74, 6) is -0.102. The van der Waals surface area contributed by atoms with Crippen molar-refractivity contribution in [2.24, 2.45) is 0 Å². The molecule has 2 nitrogen and oxygen atoms in total. The maximum atomic E-state index is 13.9. The molecule has 1 aromatic carbocycles. The summed E-state index contributed by atoms with van der Waals surface area (Å²) in [6.07, 6.45) is 3.48. The van der Waals surface area contributed by atoms with Crippen molar-refractivity contribution in [2.45, 2.75) is 38.8 Å². The Hall–Kier alpha value is -1.09. The number of halogens is 1. The third-order valence-electron chi connectivity index (χ3n) is 3.24. The fourth-order valence-corrected chi connectivity index (χ4v) is 2.01. The smallest absolute Gasteiger partial charge is 0.146 e. The van der Waals surface area contributed by atoms with Gasteiger partial charge in [-0.1, -0.05) is 13.0 Å². The van der Waals surface area contributed by atoms with Gasteiger partial charge in [-0.3, -0.25) is 0 Å². The van der Waals surface area contributed by atoms with Gasteiger partial charge in [0.1, 0.15) is 5.82 Å². The van der Waals surface area contributed by atoms with Crippen molar-refractivity contribution < 1.29 is 4.39 Å². The largest absolute Gasteiger partial charge is 0.369 e. The van der Waals surface area contributed by atoms with Crippen LogP contribution in [0.1, 0.15) is 31.7 Å². The molecule has 1 aromatic rings. The highest BCUT2D eigenvalue weighted by Gasteiger charge is 2.27. The minimum atomic E-state index is -0.102. The fraction of sp³-hybridized carbons (Fsp3) is 0.571. The lowest BCUT2D eigenvalue weighted by Gasteiger charge is -2.19. The summed E-state index contributed by atoms with van der Waals surface area (Å²) < 4.78 is 13.9. The Kier molecular flexibility index (Phi) is 4.00. The number of hydrogen-bond donors (Lipinski definition) is 1. The van der Waals surface area contributed by atoms with E-state index in [-0.39, 0.29) is 5.82 Å². The van der Waals surface area contributed by atoms with E-state index in [0.717, 1.165) is 30.8 Å². The molecule has 0 heterocycles. The summed E-state index contributed by atoms with van der Waals surface area (Å²) in [7, 11) is 1.98. The van der Waals surface area contributed by atoms with Gasteiger partial charge in [0.25, 0.3) is 0 Å². The zero-order valence-electron chi connectivity index (χ0n) is 10.7. The average Bonchev–Trinajstić information content (AvgIpc) is 3.13. The van der Waals surface area contributed by atoms with E-state index in [1.807, 2.05) is 19.2 Å². The first kappa shape index (κ1) is 12.4. The standard InChI is InChI=1S/C14H21FN2/c1-3-8-16-10-11-4-7-14(13(15)9-11)17(2)12-5-6-12/h4,7,9,12,16H,3,5-6,8,10H2,1-2H3. The molecule has 17 heavy (non-hydrogen) atoms. The maximum Gasteiger partial charge on any atom is 0.146 e. The fourth-order valence-electron chi connectivity index (χ4n) is 2.01. The quantitative estimate of drug-likeness (QED) is 0.764. The molecule has 0 bridgehead atoms. The van der Waals surface area contributed by atoms with Gasteiger partial charge in [0, 0.05) is 19.6 Å². The van der Waals surface area contributed by atoms with Gasteiger partial charge in [-0.25, -0.2) is 4.39 Å². The summed E-state index contributed by atoms with van der Waals surface area (Å²) in [4.78, 5) is 2.05. The number of anilines is 1. The van der Waals surface area contributed by atoms with Crippen LogP contribution in [0.3, 0.4) is 0 Å². The minimum Gasteiger partial charge on any atom is -0.369 e. The van der Waals surface area contributed by atoms with E-state index in [1.54, 1.807) is 6.07 Å². The van der Waals surface area contributed by atoms with E-state index in [9.17, 15) is 4.39 Å². The Balaban J connectivity index is 2.00. The second kappa shape index (κ2) is 5.50. The monoisotopic (exact) mass is 236 g/mol. The van der Waals surface area contributed by atoms with Gasteiger partial charge in [-0.2, -0.15) is 0 Å². The van der Waals surface area contributed by atoms with E-state index < -0.39 is 0 Å². The molecule has 0 saturated heterocycles. The molecule has 1 aliphatic rings. The van der Waals surface area contributed by atoms with Crippen LogP contribution in [0.5, 0.6) is 0 Å². The number of rotatable bonds is 6. The highest BCUT2D eigenvalue weighted by atomic mass is 19.1. The third kappa shape index (κ3) is 3.19. The van der Waals surface area contributed by atoms with Crippen LogP contribution < -0.4 is 10.2 Å². The first-order chi connectivity index (χ1) is 8.22. The van der Waals surface area contributed by atoms with Gasteiger partial charge in [-0.05, 0) is 43.5 Å². The molecule has 0 atom stereocenters. The summed E-state index contributed by atoms with van der Waals surface area (Å²) in [6, 6.07) is 6.11. The lowest BCUT2D eigenvalue weighted by atomic mass is 10.2. The van der Waals surface area contributed by atoms with Crippen LogP contribution in [0.15, 0.2) is 18.2 Å². The van der Waals surface area contributed by atoms with Gasteiger partial charge >= 0.3 is 0 Å². The van der Waals surface area contributed by atoms with Gasteiger partial charge < -0.3 is 10.2 Å². The SMILES string of the molecule is CCCNCc1ccc(N(C)C2CC2)c(F)c1. The molecular weight excluding hydrogens is 215 g/mol. The molecule has 94 valence electrons. The van der Waals surface area contributed by atoms with Crippen molar-refractivity contribution in [3.05, 3.63) is 29.6 Å². The lowest BCUT2D eigenvalue weighted by Crippen LogP contribution is -2.21. The van der Waals surface area contributed by atoms with Crippen LogP contribution in [0.25, 0.3) is 0 Å². The van der Waals surface area contributed by atoms with Crippen molar-refractivity contribution in [3.8, 4) is 0 Å². The van der Waals surface area contributed by atoms with Gasteiger partial charge in [-0.15, -0.1) is 0 Å². The van der Waals surface area contributed by atoms with Crippen molar-refractivity contribution in [1.82, 2.24) is 5.32 Å². The molecule has 0 radical (unpaired) electrons. The second-order valence-corrected chi connectivity index (χ2v) is 4.80. The zero-order valence-corrected chi connectivity index (χ0v) is 10.7. The molecule has 1 aliphatic carbocycles. The predicted molar refractivity (Wildman–Crippen MR) is 69.8 cm³/mol. The highest BCUT2D eigenvalue weighted by molar-refractivity contribution is 5.50. The molecule has 3 heteroatoms. The van der Waals surface area contributed by atoms with Crippen LogP contribution in [0.2, 0.25) is 0 Å². The Morgan fingerprint density at radius 3 is 2.76 bits per heavy atom. The predicted octanol–water partition coefficient (Wildman–Crippen LogP) is 2.92. The number of hydrogen-bond acceptors (Lipinski definition) is 2. The number of benzene rings is 1.